The number of benzene rings is 1. The summed E-state index contributed by atoms with van der Waals surface area (Å²) in [4.78, 5) is 0. The second-order valence-electron chi connectivity index (χ2n) is 4.88. The minimum Gasteiger partial charge on any atom is -0.490 e. The first kappa shape index (κ1) is 16.6. The molecular weight excluding hydrogens is 276 g/mol. The lowest BCUT2D eigenvalue weighted by molar-refractivity contribution is 0.206. The number of nitrogens with zero attached hydrogens (tertiary/aromatic N) is 1. The molecule has 1 unspecified atom stereocenters. The van der Waals surface area contributed by atoms with Crippen molar-refractivity contribution < 1.29 is 9.94 Å². The summed E-state index contributed by atoms with van der Waals surface area (Å²) in [6.07, 6.45) is 5.86. The number of oxime groups is 1. The second kappa shape index (κ2) is 8.69. The average Bonchev–Trinajstić information content (AvgIpc) is 2.43. The van der Waals surface area contributed by atoms with E-state index in [1.54, 1.807) is 18.2 Å². The summed E-state index contributed by atoms with van der Waals surface area (Å²) in [6.45, 7) is 4.21. The number of unbranched alkanes of at least 4 members (excludes halogenated alkanes) is 3. The van der Waals surface area contributed by atoms with E-state index in [1.165, 1.54) is 19.3 Å². The fourth-order valence-corrected chi connectivity index (χ4v) is 2.30. The Morgan fingerprint density at radius 2 is 2.15 bits per heavy atom. The SMILES string of the molecule is CCCCCCC(C)Oc1cccc(Cl)c1C(N)=NO. The Morgan fingerprint density at radius 1 is 1.40 bits per heavy atom. The molecule has 0 radical (unpaired) electrons. The topological polar surface area (TPSA) is 67.8 Å². The van der Waals surface area contributed by atoms with Gasteiger partial charge in [0.2, 0.25) is 0 Å². The molecule has 0 aliphatic heterocycles. The molecule has 0 spiro atoms. The molecule has 0 saturated heterocycles. The zero-order valence-electron chi connectivity index (χ0n) is 12.1. The van der Waals surface area contributed by atoms with Crippen molar-refractivity contribution in [1.29, 1.82) is 0 Å². The first-order valence-electron chi connectivity index (χ1n) is 7.03. The number of rotatable bonds is 8. The molecule has 0 heterocycles. The van der Waals surface area contributed by atoms with Gasteiger partial charge in [-0.15, -0.1) is 0 Å². The van der Waals surface area contributed by atoms with E-state index in [9.17, 15) is 0 Å². The first-order valence-corrected chi connectivity index (χ1v) is 7.41. The van der Waals surface area contributed by atoms with Gasteiger partial charge < -0.3 is 15.7 Å². The summed E-state index contributed by atoms with van der Waals surface area (Å²) in [7, 11) is 0. The zero-order valence-corrected chi connectivity index (χ0v) is 12.9. The van der Waals surface area contributed by atoms with Gasteiger partial charge in [0.1, 0.15) is 5.75 Å². The molecule has 0 aliphatic rings. The molecule has 0 saturated carbocycles. The number of ether oxygens (including phenoxy) is 1. The van der Waals surface area contributed by atoms with E-state index in [4.69, 9.17) is 27.3 Å². The lowest BCUT2D eigenvalue weighted by Gasteiger charge is -2.17. The molecule has 1 aromatic rings. The third-order valence-electron chi connectivity index (χ3n) is 3.13. The molecule has 5 heteroatoms. The summed E-state index contributed by atoms with van der Waals surface area (Å²) in [6, 6.07) is 5.26. The van der Waals surface area contributed by atoms with Crippen LogP contribution in [0.3, 0.4) is 0 Å². The van der Waals surface area contributed by atoms with E-state index in [0.29, 0.717) is 16.3 Å². The summed E-state index contributed by atoms with van der Waals surface area (Å²) < 4.78 is 5.87. The molecule has 3 N–H and O–H groups in total. The number of amidine groups is 1. The maximum Gasteiger partial charge on any atom is 0.175 e. The van der Waals surface area contributed by atoms with E-state index in [1.807, 2.05) is 6.92 Å². The van der Waals surface area contributed by atoms with Crippen LogP contribution in [-0.4, -0.2) is 17.1 Å². The molecule has 1 rings (SSSR count). The van der Waals surface area contributed by atoms with Crippen molar-refractivity contribution in [2.75, 3.05) is 0 Å². The highest BCUT2D eigenvalue weighted by Gasteiger charge is 2.15. The third-order valence-corrected chi connectivity index (χ3v) is 3.45. The van der Waals surface area contributed by atoms with Crippen molar-refractivity contribution >= 4 is 17.4 Å². The van der Waals surface area contributed by atoms with E-state index in [-0.39, 0.29) is 11.9 Å². The Labute approximate surface area is 125 Å². The van der Waals surface area contributed by atoms with Gasteiger partial charge in [-0.1, -0.05) is 49.0 Å². The summed E-state index contributed by atoms with van der Waals surface area (Å²) >= 11 is 6.08. The Bertz CT molecular complexity index is 449. The van der Waals surface area contributed by atoms with Crippen LogP contribution in [0.4, 0.5) is 0 Å². The Balaban J connectivity index is 2.70. The lowest BCUT2D eigenvalue weighted by Crippen LogP contribution is -2.18. The van der Waals surface area contributed by atoms with Crippen molar-refractivity contribution in [3.05, 3.63) is 28.8 Å². The van der Waals surface area contributed by atoms with Crippen LogP contribution >= 0.6 is 11.6 Å². The van der Waals surface area contributed by atoms with Gasteiger partial charge in [-0.25, -0.2) is 0 Å². The van der Waals surface area contributed by atoms with Gasteiger partial charge in [-0.2, -0.15) is 0 Å². The van der Waals surface area contributed by atoms with Crippen LogP contribution in [0, 0.1) is 0 Å². The highest BCUT2D eigenvalue weighted by atomic mass is 35.5. The van der Waals surface area contributed by atoms with Gasteiger partial charge in [0, 0.05) is 0 Å². The highest BCUT2D eigenvalue weighted by Crippen LogP contribution is 2.27. The van der Waals surface area contributed by atoms with E-state index in [0.717, 1.165) is 12.8 Å². The predicted octanol–water partition coefficient (Wildman–Crippen LogP) is 4.17. The number of hydrogen-bond donors (Lipinski definition) is 2. The van der Waals surface area contributed by atoms with Crippen LogP contribution in [0.2, 0.25) is 5.02 Å². The van der Waals surface area contributed by atoms with E-state index >= 15 is 0 Å². The van der Waals surface area contributed by atoms with Crippen molar-refractivity contribution in [1.82, 2.24) is 0 Å². The smallest absolute Gasteiger partial charge is 0.175 e. The van der Waals surface area contributed by atoms with Gasteiger partial charge in [0.25, 0.3) is 0 Å². The van der Waals surface area contributed by atoms with Crippen LogP contribution in [0.1, 0.15) is 51.5 Å². The Kier molecular flexibility index (Phi) is 7.23. The van der Waals surface area contributed by atoms with Gasteiger partial charge in [0.05, 0.1) is 16.7 Å². The molecule has 0 bridgehead atoms. The number of hydrogen-bond acceptors (Lipinski definition) is 3. The second-order valence-corrected chi connectivity index (χ2v) is 5.28. The highest BCUT2D eigenvalue weighted by molar-refractivity contribution is 6.34. The molecule has 112 valence electrons. The number of nitrogens with two attached hydrogens (primary N) is 1. The van der Waals surface area contributed by atoms with Crippen LogP contribution in [-0.2, 0) is 0 Å². The quantitative estimate of drug-likeness (QED) is 0.249. The van der Waals surface area contributed by atoms with Crippen LogP contribution in [0.5, 0.6) is 5.75 Å². The summed E-state index contributed by atoms with van der Waals surface area (Å²) in [5, 5.41) is 12.2. The zero-order chi connectivity index (χ0) is 15.0. The lowest BCUT2D eigenvalue weighted by atomic mass is 10.1. The molecule has 4 nitrogen and oxygen atoms in total. The fourth-order valence-electron chi connectivity index (χ4n) is 2.04. The molecule has 1 atom stereocenters. The molecule has 0 aliphatic carbocycles. The Hall–Kier alpha value is -1.42. The third kappa shape index (κ3) is 4.93. The van der Waals surface area contributed by atoms with E-state index < -0.39 is 0 Å². The summed E-state index contributed by atoms with van der Waals surface area (Å²) in [5.41, 5.74) is 6.09. The minimum absolute atomic E-state index is 0.0382. The van der Waals surface area contributed by atoms with Crippen LogP contribution < -0.4 is 10.5 Å². The van der Waals surface area contributed by atoms with Crippen molar-refractivity contribution in [3.8, 4) is 5.75 Å². The molecule has 0 amide bonds. The van der Waals surface area contributed by atoms with Crippen molar-refractivity contribution in [2.24, 2.45) is 10.9 Å². The van der Waals surface area contributed by atoms with Crippen molar-refractivity contribution in [2.45, 2.75) is 52.1 Å². The maximum absolute atomic E-state index is 8.82. The van der Waals surface area contributed by atoms with Crippen LogP contribution in [0.25, 0.3) is 0 Å². The van der Waals surface area contributed by atoms with Gasteiger partial charge in [-0.3, -0.25) is 0 Å². The minimum atomic E-state index is -0.0382. The standard InChI is InChI=1S/C15H23ClN2O2/c1-3-4-5-6-8-11(2)20-13-10-7-9-12(16)14(13)15(17)18-19/h7,9-11,19H,3-6,8H2,1-2H3,(H2,17,18). The predicted molar refractivity (Wildman–Crippen MR) is 82.8 cm³/mol. The molecular formula is C15H23ClN2O2. The van der Waals surface area contributed by atoms with Crippen molar-refractivity contribution in [3.63, 3.8) is 0 Å². The van der Waals surface area contributed by atoms with Gasteiger partial charge >= 0.3 is 0 Å². The van der Waals surface area contributed by atoms with Gasteiger partial charge in [-0.05, 0) is 31.9 Å². The molecule has 0 fully saturated rings. The summed E-state index contributed by atoms with van der Waals surface area (Å²) in [5.74, 6) is 0.513. The normalized spacial score (nSPS) is 13.2. The molecule has 1 aromatic carbocycles. The monoisotopic (exact) mass is 298 g/mol. The van der Waals surface area contributed by atoms with Gasteiger partial charge in [0.15, 0.2) is 5.84 Å². The van der Waals surface area contributed by atoms with E-state index in [2.05, 4.69) is 12.1 Å². The first-order chi connectivity index (χ1) is 9.60. The molecule has 20 heavy (non-hydrogen) atoms. The fraction of sp³-hybridized carbons (Fsp3) is 0.533. The Morgan fingerprint density at radius 3 is 2.80 bits per heavy atom. The maximum atomic E-state index is 8.82. The largest absolute Gasteiger partial charge is 0.490 e. The average molecular weight is 299 g/mol. The molecule has 0 aromatic heterocycles. The number of halogens is 1. The van der Waals surface area contributed by atoms with Crippen LogP contribution in [0.15, 0.2) is 23.4 Å².